The molecule has 0 aliphatic carbocycles. The average molecular weight is 264 g/mol. The maximum atomic E-state index is 5.87. The van der Waals surface area contributed by atoms with E-state index < -0.39 is 0 Å². The number of hydrogen-bond acceptors (Lipinski definition) is 2. The zero-order chi connectivity index (χ0) is 12.1. The van der Waals surface area contributed by atoms with Gasteiger partial charge in [-0.3, -0.25) is 0 Å². The van der Waals surface area contributed by atoms with E-state index in [1.807, 2.05) is 24.3 Å². The van der Waals surface area contributed by atoms with Gasteiger partial charge in [-0.25, -0.2) is 0 Å². The molecule has 0 amide bonds. The van der Waals surface area contributed by atoms with Crippen molar-refractivity contribution in [2.75, 3.05) is 6.54 Å². The minimum absolute atomic E-state index is 0.700. The van der Waals surface area contributed by atoms with Gasteiger partial charge in [0.15, 0.2) is 0 Å². The molecule has 2 aromatic rings. The Hall–Kier alpha value is -1.09. The quantitative estimate of drug-likeness (QED) is 0.868. The molecule has 0 radical (unpaired) electrons. The van der Waals surface area contributed by atoms with Crippen LogP contribution in [0, 0.1) is 0 Å². The SMILES string of the molecule is NCCC=Cc1ccc(-c2ccc(Cl)cc2)s1. The minimum Gasteiger partial charge on any atom is -0.330 e. The van der Waals surface area contributed by atoms with Crippen molar-refractivity contribution in [2.24, 2.45) is 5.73 Å². The lowest BCUT2D eigenvalue weighted by atomic mass is 10.2. The highest BCUT2D eigenvalue weighted by atomic mass is 35.5. The summed E-state index contributed by atoms with van der Waals surface area (Å²) >= 11 is 7.64. The second-order valence-corrected chi connectivity index (χ2v) is 5.24. The largest absolute Gasteiger partial charge is 0.330 e. The first-order chi connectivity index (χ1) is 8.29. The first kappa shape index (κ1) is 12.4. The molecule has 0 aliphatic heterocycles. The van der Waals surface area contributed by atoms with E-state index in [9.17, 15) is 0 Å². The normalized spacial score (nSPS) is 11.2. The molecule has 2 N–H and O–H groups in total. The summed E-state index contributed by atoms with van der Waals surface area (Å²) in [5.41, 5.74) is 6.65. The summed E-state index contributed by atoms with van der Waals surface area (Å²) in [6, 6.07) is 12.2. The van der Waals surface area contributed by atoms with Crippen molar-refractivity contribution >= 4 is 29.0 Å². The van der Waals surface area contributed by atoms with Crippen LogP contribution in [0.4, 0.5) is 0 Å². The van der Waals surface area contributed by atoms with Crippen molar-refractivity contribution in [1.29, 1.82) is 0 Å². The third kappa shape index (κ3) is 3.43. The smallest absolute Gasteiger partial charge is 0.0406 e. The van der Waals surface area contributed by atoms with E-state index in [-0.39, 0.29) is 0 Å². The highest BCUT2D eigenvalue weighted by Gasteiger charge is 2.00. The summed E-state index contributed by atoms with van der Waals surface area (Å²) in [5.74, 6) is 0. The van der Waals surface area contributed by atoms with Crippen LogP contribution in [0.2, 0.25) is 5.02 Å². The number of nitrogens with two attached hydrogens (primary N) is 1. The Morgan fingerprint density at radius 3 is 2.59 bits per heavy atom. The van der Waals surface area contributed by atoms with Gasteiger partial charge in [-0.2, -0.15) is 0 Å². The topological polar surface area (TPSA) is 26.0 Å². The van der Waals surface area contributed by atoms with Crippen molar-refractivity contribution in [2.45, 2.75) is 6.42 Å². The summed E-state index contributed by atoms with van der Waals surface area (Å²) < 4.78 is 0. The second kappa shape index (κ2) is 6.01. The van der Waals surface area contributed by atoms with Gasteiger partial charge in [0.1, 0.15) is 0 Å². The third-order valence-corrected chi connectivity index (χ3v) is 3.72. The Kier molecular flexibility index (Phi) is 4.37. The number of benzene rings is 1. The predicted octanol–water partition coefficient (Wildman–Crippen LogP) is 4.43. The molecule has 88 valence electrons. The van der Waals surface area contributed by atoms with Crippen LogP contribution in [0.15, 0.2) is 42.5 Å². The van der Waals surface area contributed by atoms with Crippen LogP contribution >= 0.6 is 22.9 Å². The number of halogens is 1. The summed E-state index contributed by atoms with van der Waals surface area (Å²) in [5, 5.41) is 0.772. The first-order valence-corrected chi connectivity index (χ1v) is 6.71. The Labute approximate surface area is 111 Å². The molecule has 1 aromatic heterocycles. The Morgan fingerprint density at radius 1 is 1.12 bits per heavy atom. The van der Waals surface area contributed by atoms with Crippen LogP contribution in [-0.2, 0) is 0 Å². The van der Waals surface area contributed by atoms with Crippen LogP contribution < -0.4 is 5.73 Å². The standard InChI is InChI=1S/C14H14ClNS/c15-12-6-4-11(5-7-12)14-9-8-13(17-14)3-1-2-10-16/h1,3-9H,2,10,16H2. The van der Waals surface area contributed by atoms with Crippen molar-refractivity contribution in [3.8, 4) is 10.4 Å². The van der Waals surface area contributed by atoms with E-state index in [0.717, 1.165) is 11.4 Å². The second-order valence-electron chi connectivity index (χ2n) is 3.69. The minimum atomic E-state index is 0.700. The molecule has 0 atom stereocenters. The fraction of sp³-hybridized carbons (Fsp3) is 0.143. The number of rotatable bonds is 4. The van der Waals surface area contributed by atoms with Crippen LogP contribution in [0.25, 0.3) is 16.5 Å². The van der Waals surface area contributed by atoms with E-state index in [2.05, 4.69) is 24.3 Å². The van der Waals surface area contributed by atoms with Gasteiger partial charge in [-0.15, -0.1) is 11.3 Å². The lowest BCUT2D eigenvalue weighted by Crippen LogP contribution is -1.94. The zero-order valence-electron chi connectivity index (χ0n) is 9.40. The predicted molar refractivity (Wildman–Crippen MR) is 77.5 cm³/mol. The number of hydrogen-bond donors (Lipinski definition) is 1. The molecule has 0 unspecified atom stereocenters. The van der Waals surface area contributed by atoms with Gasteiger partial charge in [-0.05, 0) is 48.9 Å². The molecule has 1 nitrogen and oxygen atoms in total. The van der Waals surface area contributed by atoms with E-state index in [1.165, 1.54) is 15.3 Å². The van der Waals surface area contributed by atoms with E-state index >= 15 is 0 Å². The van der Waals surface area contributed by atoms with Crippen molar-refractivity contribution in [1.82, 2.24) is 0 Å². The molecule has 0 fully saturated rings. The summed E-state index contributed by atoms with van der Waals surface area (Å²) in [6.07, 6.45) is 5.16. The average Bonchev–Trinajstić information content (AvgIpc) is 2.79. The van der Waals surface area contributed by atoms with Crippen molar-refractivity contribution < 1.29 is 0 Å². The Morgan fingerprint density at radius 2 is 1.88 bits per heavy atom. The fourth-order valence-corrected chi connectivity index (χ4v) is 2.58. The highest BCUT2D eigenvalue weighted by molar-refractivity contribution is 7.16. The first-order valence-electron chi connectivity index (χ1n) is 5.52. The van der Waals surface area contributed by atoms with Gasteiger partial charge in [-0.1, -0.05) is 29.8 Å². The zero-order valence-corrected chi connectivity index (χ0v) is 11.0. The highest BCUT2D eigenvalue weighted by Crippen LogP contribution is 2.29. The molecule has 0 saturated heterocycles. The molecule has 1 heterocycles. The van der Waals surface area contributed by atoms with Crippen molar-refractivity contribution in [3.63, 3.8) is 0 Å². The van der Waals surface area contributed by atoms with E-state index in [1.54, 1.807) is 11.3 Å². The molecule has 0 saturated carbocycles. The van der Waals surface area contributed by atoms with Crippen LogP contribution in [0.5, 0.6) is 0 Å². The van der Waals surface area contributed by atoms with E-state index in [0.29, 0.717) is 6.54 Å². The monoisotopic (exact) mass is 263 g/mol. The molecular weight excluding hydrogens is 250 g/mol. The molecular formula is C14H14ClNS. The summed E-state index contributed by atoms with van der Waals surface area (Å²) in [7, 11) is 0. The molecule has 0 bridgehead atoms. The fourth-order valence-electron chi connectivity index (χ4n) is 1.51. The van der Waals surface area contributed by atoms with Gasteiger partial charge >= 0.3 is 0 Å². The van der Waals surface area contributed by atoms with Crippen LogP contribution in [0.3, 0.4) is 0 Å². The maximum Gasteiger partial charge on any atom is 0.0406 e. The lowest BCUT2D eigenvalue weighted by Gasteiger charge is -1.96. The molecule has 17 heavy (non-hydrogen) atoms. The van der Waals surface area contributed by atoms with Crippen LogP contribution in [-0.4, -0.2) is 6.54 Å². The maximum absolute atomic E-state index is 5.87. The molecule has 0 spiro atoms. The van der Waals surface area contributed by atoms with Gasteiger partial charge in [0.2, 0.25) is 0 Å². The molecule has 2 rings (SSSR count). The number of thiophene rings is 1. The van der Waals surface area contributed by atoms with Gasteiger partial charge in [0, 0.05) is 14.8 Å². The molecule has 1 aromatic carbocycles. The molecule has 3 heteroatoms. The Bertz CT molecular complexity index is 499. The van der Waals surface area contributed by atoms with Gasteiger partial charge < -0.3 is 5.73 Å². The third-order valence-electron chi connectivity index (χ3n) is 2.37. The van der Waals surface area contributed by atoms with Crippen molar-refractivity contribution in [3.05, 3.63) is 52.4 Å². The lowest BCUT2D eigenvalue weighted by molar-refractivity contribution is 1.01. The Balaban J connectivity index is 2.15. The van der Waals surface area contributed by atoms with Gasteiger partial charge in [0.05, 0.1) is 0 Å². The van der Waals surface area contributed by atoms with E-state index in [4.69, 9.17) is 17.3 Å². The summed E-state index contributed by atoms with van der Waals surface area (Å²) in [6.45, 7) is 0.700. The molecule has 0 aliphatic rings. The van der Waals surface area contributed by atoms with Crippen LogP contribution in [0.1, 0.15) is 11.3 Å². The van der Waals surface area contributed by atoms with Gasteiger partial charge in [0.25, 0.3) is 0 Å². The summed E-state index contributed by atoms with van der Waals surface area (Å²) in [4.78, 5) is 2.51.